The number of rotatable bonds is 17. The number of hydrogen-bond donors (Lipinski definition) is 0. The molecule has 3 heteroatoms. The maximum Gasteiger partial charge on any atom is 0.305 e. The van der Waals surface area contributed by atoms with E-state index < -0.39 is 0 Å². The second kappa shape index (κ2) is 17.8. The first-order valence-corrected chi connectivity index (χ1v) is 9.97. The van der Waals surface area contributed by atoms with E-state index in [-0.39, 0.29) is 12.1 Å². The molecule has 0 N–H and O–H groups in total. The summed E-state index contributed by atoms with van der Waals surface area (Å²) in [7, 11) is 0. The summed E-state index contributed by atoms with van der Waals surface area (Å²) in [6.45, 7) is 7.20. The quantitative estimate of drug-likeness (QED) is 0.241. The van der Waals surface area contributed by atoms with Gasteiger partial charge >= 0.3 is 5.97 Å². The van der Waals surface area contributed by atoms with Crippen LogP contribution in [0.5, 0.6) is 0 Å². The van der Waals surface area contributed by atoms with Crippen molar-refractivity contribution < 1.29 is 14.3 Å². The number of unbranched alkanes of at least 4 members (excludes halogenated alkanes) is 11. The Balaban J connectivity index is 3.14. The molecule has 3 nitrogen and oxygen atoms in total. The van der Waals surface area contributed by atoms with Crippen LogP contribution in [0.4, 0.5) is 0 Å². The molecule has 0 bridgehead atoms. The van der Waals surface area contributed by atoms with Gasteiger partial charge in [0.05, 0.1) is 6.10 Å². The molecule has 0 heterocycles. The molecule has 0 aromatic heterocycles. The summed E-state index contributed by atoms with van der Waals surface area (Å²) >= 11 is 0. The zero-order chi connectivity index (χ0) is 17.2. The van der Waals surface area contributed by atoms with Crippen LogP contribution in [0, 0.1) is 0 Å². The smallest absolute Gasteiger partial charge is 0.305 e. The van der Waals surface area contributed by atoms with E-state index >= 15 is 0 Å². The van der Waals surface area contributed by atoms with Crippen LogP contribution in [0.25, 0.3) is 0 Å². The molecule has 23 heavy (non-hydrogen) atoms. The Kier molecular flexibility index (Phi) is 17.3. The van der Waals surface area contributed by atoms with Gasteiger partial charge in [0, 0.05) is 13.0 Å². The minimum absolute atomic E-state index is 0.0122. The van der Waals surface area contributed by atoms with Crippen LogP contribution in [0.15, 0.2) is 0 Å². The molecule has 0 aromatic rings. The van der Waals surface area contributed by atoms with Crippen LogP contribution in [-0.2, 0) is 14.3 Å². The highest BCUT2D eigenvalue weighted by atomic mass is 16.6. The maximum absolute atomic E-state index is 11.0. The minimum Gasteiger partial charge on any atom is -0.463 e. The molecule has 1 unspecified atom stereocenters. The van der Waals surface area contributed by atoms with Gasteiger partial charge < -0.3 is 9.47 Å². The van der Waals surface area contributed by atoms with Crippen molar-refractivity contribution in [3.63, 3.8) is 0 Å². The van der Waals surface area contributed by atoms with Crippen molar-refractivity contribution in [2.24, 2.45) is 0 Å². The average Bonchev–Trinajstić information content (AvgIpc) is 2.56. The summed E-state index contributed by atoms with van der Waals surface area (Å²) in [6.07, 6.45) is 16.7. The monoisotopic (exact) mass is 328 g/mol. The van der Waals surface area contributed by atoms with Gasteiger partial charge in [0.2, 0.25) is 0 Å². The van der Waals surface area contributed by atoms with Gasteiger partial charge in [0.15, 0.2) is 0 Å². The van der Waals surface area contributed by atoms with Crippen molar-refractivity contribution in [1.82, 2.24) is 0 Å². The molecular weight excluding hydrogens is 288 g/mol. The van der Waals surface area contributed by atoms with Gasteiger partial charge in [0.1, 0.15) is 6.61 Å². The maximum atomic E-state index is 11.0. The summed E-state index contributed by atoms with van der Waals surface area (Å²) in [4.78, 5) is 11.0. The Labute approximate surface area is 144 Å². The van der Waals surface area contributed by atoms with Crippen LogP contribution in [0.2, 0.25) is 0 Å². The topological polar surface area (TPSA) is 35.5 Å². The van der Waals surface area contributed by atoms with Gasteiger partial charge in [-0.1, -0.05) is 84.5 Å². The van der Waals surface area contributed by atoms with Crippen molar-refractivity contribution in [3.05, 3.63) is 0 Å². The SMILES string of the molecule is CCCCCCCCCCCCCCOC(C)COC(=O)CC. The molecule has 0 aliphatic carbocycles. The molecule has 0 amide bonds. The van der Waals surface area contributed by atoms with Crippen LogP contribution in [0.3, 0.4) is 0 Å². The number of carbonyl (C=O) groups is 1. The summed E-state index contributed by atoms with van der Waals surface area (Å²) in [6, 6.07) is 0. The van der Waals surface area contributed by atoms with Crippen molar-refractivity contribution in [2.75, 3.05) is 13.2 Å². The van der Waals surface area contributed by atoms with E-state index in [4.69, 9.17) is 9.47 Å². The molecule has 0 spiro atoms. The van der Waals surface area contributed by atoms with Crippen molar-refractivity contribution in [2.45, 2.75) is 110 Å². The van der Waals surface area contributed by atoms with E-state index in [1.807, 2.05) is 6.92 Å². The lowest BCUT2D eigenvalue weighted by Gasteiger charge is -2.13. The molecule has 0 fully saturated rings. The van der Waals surface area contributed by atoms with E-state index in [0.717, 1.165) is 13.0 Å². The molecule has 0 saturated carbocycles. The van der Waals surface area contributed by atoms with Gasteiger partial charge in [0.25, 0.3) is 0 Å². The largest absolute Gasteiger partial charge is 0.463 e. The van der Waals surface area contributed by atoms with Gasteiger partial charge in [-0.2, -0.15) is 0 Å². The van der Waals surface area contributed by atoms with Gasteiger partial charge in [-0.25, -0.2) is 0 Å². The Hall–Kier alpha value is -0.570. The fourth-order valence-corrected chi connectivity index (χ4v) is 2.59. The third-order valence-electron chi connectivity index (χ3n) is 4.17. The average molecular weight is 329 g/mol. The Bertz CT molecular complexity index is 253. The molecule has 0 saturated heterocycles. The number of esters is 1. The molecule has 0 aliphatic heterocycles. The van der Waals surface area contributed by atoms with E-state index in [0.29, 0.717) is 13.0 Å². The zero-order valence-electron chi connectivity index (χ0n) is 15.9. The lowest BCUT2D eigenvalue weighted by molar-refractivity contribution is -0.147. The van der Waals surface area contributed by atoms with Crippen LogP contribution >= 0.6 is 0 Å². The number of hydrogen-bond acceptors (Lipinski definition) is 3. The van der Waals surface area contributed by atoms with Gasteiger partial charge in [-0.3, -0.25) is 4.79 Å². The van der Waals surface area contributed by atoms with Crippen LogP contribution in [-0.4, -0.2) is 25.3 Å². The van der Waals surface area contributed by atoms with Gasteiger partial charge in [-0.15, -0.1) is 0 Å². The lowest BCUT2D eigenvalue weighted by atomic mass is 10.1. The number of ether oxygens (including phenoxy) is 2. The first-order valence-electron chi connectivity index (χ1n) is 9.97. The van der Waals surface area contributed by atoms with Crippen molar-refractivity contribution in [3.8, 4) is 0 Å². The Morgan fingerprint density at radius 2 is 1.26 bits per heavy atom. The highest BCUT2D eigenvalue weighted by Gasteiger charge is 2.05. The van der Waals surface area contributed by atoms with Crippen molar-refractivity contribution in [1.29, 1.82) is 0 Å². The highest BCUT2D eigenvalue weighted by molar-refractivity contribution is 5.68. The minimum atomic E-state index is -0.147. The fraction of sp³-hybridized carbons (Fsp3) is 0.950. The standard InChI is InChI=1S/C20H40O3/c1-4-6-7-8-9-10-11-12-13-14-15-16-17-22-19(3)18-23-20(21)5-2/h19H,4-18H2,1-3H3. The van der Waals surface area contributed by atoms with E-state index in [1.165, 1.54) is 70.6 Å². The summed E-state index contributed by atoms with van der Waals surface area (Å²) in [5.41, 5.74) is 0. The fourth-order valence-electron chi connectivity index (χ4n) is 2.59. The first kappa shape index (κ1) is 22.4. The third-order valence-corrected chi connectivity index (χ3v) is 4.17. The number of carbonyl (C=O) groups excluding carboxylic acids is 1. The second-order valence-corrected chi connectivity index (χ2v) is 6.61. The second-order valence-electron chi connectivity index (χ2n) is 6.61. The molecule has 0 aromatic carbocycles. The molecule has 0 rings (SSSR count). The lowest BCUT2D eigenvalue weighted by Crippen LogP contribution is -2.19. The zero-order valence-corrected chi connectivity index (χ0v) is 15.9. The van der Waals surface area contributed by atoms with Gasteiger partial charge in [-0.05, 0) is 13.3 Å². The van der Waals surface area contributed by atoms with E-state index in [2.05, 4.69) is 6.92 Å². The predicted octanol–water partition coefficient (Wildman–Crippen LogP) is 6.05. The Morgan fingerprint density at radius 3 is 1.74 bits per heavy atom. The Morgan fingerprint density at radius 1 is 0.783 bits per heavy atom. The highest BCUT2D eigenvalue weighted by Crippen LogP contribution is 2.12. The molecule has 1 atom stereocenters. The third kappa shape index (κ3) is 17.6. The molecular formula is C20H40O3. The summed E-state index contributed by atoms with van der Waals surface area (Å²) in [5, 5.41) is 0. The molecule has 138 valence electrons. The van der Waals surface area contributed by atoms with Crippen LogP contribution in [0.1, 0.15) is 104 Å². The molecule has 0 aliphatic rings. The molecule has 0 radical (unpaired) electrons. The predicted molar refractivity (Wildman–Crippen MR) is 97.7 cm³/mol. The normalized spacial score (nSPS) is 12.3. The first-order chi connectivity index (χ1) is 11.2. The van der Waals surface area contributed by atoms with E-state index in [1.54, 1.807) is 6.92 Å². The summed E-state index contributed by atoms with van der Waals surface area (Å²) in [5.74, 6) is -0.147. The van der Waals surface area contributed by atoms with Crippen molar-refractivity contribution >= 4 is 5.97 Å². The van der Waals surface area contributed by atoms with E-state index in [9.17, 15) is 4.79 Å². The summed E-state index contributed by atoms with van der Waals surface area (Å²) < 4.78 is 10.7. The van der Waals surface area contributed by atoms with Crippen LogP contribution < -0.4 is 0 Å².